The van der Waals surface area contributed by atoms with Gasteiger partial charge >= 0.3 is 0 Å². The van der Waals surface area contributed by atoms with Crippen LogP contribution in [0.5, 0.6) is 0 Å². The molecule has 0 unspecified atom stereocenters. The topological polar surface area (TPSA) is 74.8 Å². The van der Waals surface area contributed by atoms with E-state index in [-0.39, 0.29) is 17.5 Å². The van der Waals surface area contributed by atoms with Gasteiger partial charge in [-0.3, -0.25) is 9.59 Å². The number of benzene rings is 1. The lowest BCUT2D eigenvalue weighted by Gasteiger charge is -2.29. The van der Waals surface area contributed by atoms with Crippen molar-refractivity contribution in [1.82, 2.24) is 15.5 Å². The molecule has 0 aliphatic heterocycles. The summed E-state index contributed by atoms with van der Waals surface area (Å²) in [6, 6.07) is 7.25. The molecule has 0 radical (unpaired) electrons. The largest absolute Gasteiger partial charge is 0.348 e. The van der Waals surface area contributed by atoms with Gasteiger partial charge in [0.2, 0.25) is 0 Å². The molecule has 2 atom stereocenters. The minimum atomic E-state index is -0.270. The van der Waals surface area contributed by atoms with Crippen molar-refractivity contribution in [3.63, 3.8) is 0 Å². The number of H-pyrrole nitrogens is 1. The van der Waals surface area contributed by atoms with Gasteiger partial charge in [-0.1, -0.05) is 38.0 Å². The summed E-state index contributed by atoms with van der Waals surface area (Å²) in [7, 11) is 0. The summed E-state index contributed by atoms with van der Waals surface area (Å²) in [5.41, 5.74) is 0.0242. The van der Waals surface area contributed by atoms with Gasteiger partial charge in [0.25, 0.3) is 11.5 Å². The summed E-state index contributed by atoms with van der Waals surface area (Å²) < 4.78 is 0. The van der Waals surface area contributed by atoms with Crippen molar-refractivity contribution in [2.75, 3.05) is 0 Å². The lowest BCUT2D eigenvalue weighted by atomic mass is 9.86. The van der Waals surface area contributed by atoms with Crippen LogP contribution in [0.2, 0.25) is 0 Å². The zero-order chi connectivity index (χ0) is 14.8. The summed E-state index contributed by atoms with van der Waals surface area (Å²) >= 11 is 0. The Balaban J connectivity index is 1.91. The number of aromatic amines is 1. The number of aromatic nitrogens is 2. The predicted octanol–water partition coefficient (Wildman–Crippen LogP) is 2.23. The second-order valence-electron chi connectivity index (χ2n) is 5.79. The SMILES string of the molecule is C[C@@H]1CCCC[C@@H]1NC(=O)c1n[nH]c(=O)c2ccccc12. The first-order valence-electron chi connectivity index (χ1n) is 7.45. The van der Waals surface area contributed by atoms with Crippen molar-refractivity contribution in [2.45, 2.75) is 38.6 Å². The van der Waals surface area contributed by atoms with E-state index in [0.29, 0.717) is 22.4 Å². The quantitative estimate of drug-likeness (QED) is 0.888. The van der Waals surface area contributed by atoms with Crippen LogP contribution in [0.4, 0.5) is 0 Å². The number of rotatable bonds is 2. The van der Waals surface area contributed by atoms with Crippen LogP contribution >= 0.6 is 0 Å². The molecule has 1 aromatic heterocycles. The smallest absolute Gasteiger partial charge is 0.272 e. The molecular weight excluding hydrogens is 266 g/mol. The van der Waals surface area contributed by atoms with E-state index < -0.39 is 0 Å². The molecule has 1 aliphatic carbocycles. The molecule has 1 aliphatic rings. The van der Waals surface area contributed by atoms with Gasteiger partial charge in [-0.25, -0.2) is 5.10 Å². The molecule has 1 heterocycles. The molecule has 3 rings (SSSR count). The van der Waals surface area contributed by atoms with E-state index in [0.717, 1.165) is 19.3 Å². The van der Waals surface area contributed by atoms with Gasteiger partial charge < -0.3 is 5.32 Å². The zero-order valence-electron chi connectivity index (χ0n) is 12.1. The highest BCUT2D eigenvalue weighted by atomic mass is 16.2. The Kier molecular flexibility index (Phi) is 3.73. The fourth-order valence-corrected chi connectivity index (χ4v) is 3.06. The van der Waals surface area contributed by atoms with Crippen LogP contribution in [0.1, 0.15) is 43.1 Å². The van der Waals surface area contributed by atoms with Crippen LogP contribution in [0.3, 0.4) is 0 Å². The lowest BCUT2D eigenvalue weighted by Crippen LogP contribution is -2.41. The van der Waals surface area contributed by atoms with Gasteiger partial charge in [-0.2, -0.15) is 5.10 Å². The first-order valence-corrected chi connectivity index (χ1v) is 7.45. The highest BCUT2D eigenvalue weighted by molar-refractivity contribution is 6.04. The number of fused-ring (bicyclic) bond motifs is 1. The van der Waals surface area contributed by atoms with Crippen molar-refractivity contribution in [2.24, 2.45) is 5.92 Å². The van der Waals surface area contributed by atoms with E-state index >= 15 is 0 Å². The van der Waals surface area contributed by atoms with Crippen molar-refractivity contribution < 1.29 is 4.79 Å². The molecule has 2 aromatic rings. The third-order valence-electron chi connectivity index (χ3n) is 4.34. The maximum atomic E-state index is 12.5. The third kappa shape index (κ3) is 2.68. The lowest BCUT2D eigenvalue weighted by molar-refractivity contribution is 0.0906. The summed E-state index contributed by atoms with van der Waals surface area (Å²) in [5.74, 6) is 0.276. The minimum absolute atomic E-state index is 0.193. The standard InChI is InChI=1S/C16H19N3O2/c1-10-6-2-5-9-13(10)17-16(21)14-11-7-3-4-8-12(11)15(20)19-18-14/h3-4,7-8,10,13H,2,5-6,9H2,1H3,(H,17,21)(H,19,20)/t10-,13+/m1/s1. The molecule has 5 heteroatoms. The van der Waals surface area contributed by atoms with Crippen LogP contribution in [-0.4, -0.2) is 22.1 Å². The Labute approximate surface area is 122 Å². The minimum Gasteiger partial charge on any atom is -0.348 e. The molecular formula is C16H19N3O2. The second kappa shape index (κ2) is 5.68. The molecule has 1 amide bonds. The first kappa shape index (κ1) is 13.8. The molecule has 21 heavy (non-hydrogen) atoms. The molecule has 2 N–H and O–H groups in total. The number of carbonyl (C=O) groups excluding carboxylic acids is 1. The Hall–Kier alpha value is -2.17. The van der Waals surface area contributed by atoms with E-state index in [1.165, 1.54) is 6.42 Å². The number of amides is 1. The maximum absolute atomic E-state index is 12.5. The van der Waals surface area contributed by atoms with Crippen molar-refractivity contribution in [1.29, 1.82) is 0 Å². The molecule has 110 valence electrons. The number of hydrogen-bond acceptors (Lipinski definition) is 3. The highest BCUT2D eigenvalue weighted by Gasteiger charge is 2.24. The number of carbonyl (C=O) groups is 1. The van der Waals surface area contributed by atoms with Crippen LogP contribution in [0, 0.1) is 5.92 Å². The summed E-state index contributed by atoms with van der Waals surface area (Å²) in [6.45, 7) is 2.17. The summed E-state index contributed by atoms with van der Waals surface area (Å²) in [6.07, 6.45) is 4.53. The van der Waals surface area contributed by atoms with Gasteiger partial charge in [-0.05, 0) is 24.8 Å². The second-order valence-corrected chi connectivity index (χ2v) is 5.79. The summed E-state index contributed by atoms with van der Waals surface area (Å²) in [4.78, 5) is 24.2. The number of nitrogens with one attached hydrogen (secondary N) is 2. The molecule has 1 fully saturated rings. The van der Waals surface area contributed by atoms with Crippen molar-refractivity contribution >= 4 is 16.7 Å². The molecule has 1 saturated carbocycles. The van der Waals surface area contributed by atoms with Crippen molar-refractivity contribution in [3.8, 4) is 0 Å². The van der Waals surface area contributed by atoms with Crippen LogP contribution in [0.15, 0.2) is 29.1 Å². The maximum Gasteiger partial charge on any atom is 0.272 e. The Morgan fingerprint density at radius 3 is 2.71 bits per heavy atom. The molecule has 5 nitrogen and oxygen atoms in total. The number of nitrogens with zero attached hydrogens (tertiary/aromatic N) is 1. The van der Waals surface area contributed by atoms with E-state index in [9.17, 15) is 9.59 Å². The third-order valence-corrected chi connectivity index (χ3v) is 4.34. The van der Waals surface area contributed by atoms with Gasteiger partial charge in [0.15, 0.2) is 5.69 Å². The predicted molar refractivity (Wildman–Crippen MR) is 81.2 cm³/mol. The fraction of sp³-hybridized carbons (Fsp3) is 0.438. The normalized spacial score (nSPS) is 22.1. The van der Waals surface area contributed by atoms with Gasteiger partial charge in [-0.15, -0.1) is 0 Å². The first-order chi connectivity index (χ1) is 10.2. The van der Waals surface area contributed by atoms with E-state index in [1.807, 2.05) is 6.07 Å². The van der Waals surface area contributed by atoms with Gasteiger partial charge in [0, 0.05) is 11.4 Å². The van der Waals surface area contributed by atoms with Crippen LogP contribution in [-0.2, 0) is 0 Å². The average molecular weight is 285 g/mol. The van der Waals surface area contributed by atoms with Gasteiger partial charge in [0.1, 0.15) is 0 Å². The Morgan fingerprint density at radius 2 is 1.95 bits per heavy atom. The molecule has 0 bridgehead atoms. The van der Waals surface area contributed by atoms with Crippen molar-refractivity contribution in [3.05, 3.63) is 40.3 Å². The van der Waals surface area contributed by atoms with Crippen LogP contribution < -0.4 is 10.9 Å². The zero-order valence-corrected chi connectivity index (χ0v) is 12.1. The molecule has 0 saturated heterocycles. The molecule has 0 spiro atoms. The fourth-order valence-electron chi connectivity index (χ4n) is 3.06. The van der Waals surface area contributed by atoms with E-state index in [4.69, 9.17) is 0 Å². The monoisotopic (exact) mass is 285 g/mol. The Bertz CT molecular complexity index is 723. The van der Waals surface area contributed by atoms with E-state index in [1.54, 1.807) is 18.2 Å². The summed E-state index contributed by atoms with van der Waals surface area (Å²) in [5, 5.41) is 10.5. The average Bonchev–Trinajstić information content (AvgIpc) is 2.50. The molecule has 1 aromatic carbocycles. The van der Waals surface area contributed by atoms with Crippen LogP contribution in [0.25, 0.3) is 10.8 Å². The van der Waals surface area contributed by atoms with Gasteiger partial charge in [0.05, 0.1) is 5.39 Å². The van der Waals surface area contributed by atoms with E-state index in [2.05, 4.69) is 22.4 Å². The Morgan fingerprint density at radius 1 is 1.24 bits per heavy atom. The highest BCUT2D eigenvalue weighted by Crippen LogP contribution is 2.24. The number of hydrogen-bond donors (Lipinski definition) is 2.